The molecule has 0 saturated heterocycles. The normalized spacial score (nSPS) is 11.3. The van der Waals surface area contributed by atoms with Crippen LogP contribution in [0.3, 0.4) is 0 Å². The van der Waals surface area contributed by atoms with Gasteiger partial charge in [0.25, 0.3) is 0 Å². The number of halogens is 1. The van der Waals surface area contributed by atoms with Gasteiger partial charge in [-0.3, -0.25) is 4.79 Å². The van der Waals surface area contributed by atoms with Gasteiger partial charge in [0, 0.05) is 13.2 Å². The van der Waals surface area contributed by atoms with Gasteiger partial charge in [0.1, 0.15) is 5.82 Å². The van der Waals surface area contributed by atoms with Crippen molar-refractivity contribution in [3.8, 4) is 0 Å². The van der Waals surface area contributed by atoms with Crippen LogP contribution >= 0.6 is 0 Å². The van der Waals surface area contributed by atoms with Gasteiger partial charge in [0.15, 0.2) is 0 Å². The number of nitrogens with one attached hydrogen (secondary N) is 1. The molecule has 0 heterocycles. The Bertz CT molecular complexity index is 405. The van der Waals surface area contributed by atoms with Gasteiger partial charge >= 0.3 is 0 Å². The second-order valence-corrected chi connectivity index (χ2v) is 5.22. The lowest BCUT2D eigenvalue weighted by atomic mass is 9.89. The predicted molar refractivity (Wildman–Crippen MR) is 68.6 cm³/mol. The number of aliphatic hydroxyl groups excluding tert-OH is 1. The van der Waals surface area contributed by atoms with Gasteiger partial charge in [-0.1, -0.05) is 26.0 Å². The largest absolute Gasteiger partial charge is 0.396 e. The fourth-order valence-corrected chi connectivity index (χ4v) is 1.62. The van der Waals surface area contributed by atoms with Crippen LogP contribution in [0, 0.1) is 11.2 Å². The first kappa shape index (κ1) is 14.6. The summed E-state index contributed by atoms with van der Waals surface area (Å²) in [5.41, 5.74) is 0.527. The van der Waals surface area contributed by atoms with Crippen LogP contribution in [0.2, 0.25) is 0 Å². The quantitative estimate of drug-likeness (QED) is 0.813. The molecule has 0 unspecified atom stereocenters. The van der Waals surface area contributed by atoms with Crippen molar-refractivity contribution in [2.45, 2.75) is 26.7 Å². The van der Waals surface area contributed by atoms with Crippen LogP contribution in [0.5, 0.6) is 0 Å². The van der Waals surface area contributed by atoms with Crippen molar-refractivity contribution in [1.82, 2.24) is 5.32 Å². The summed E-state index contributed by atoms with van der Waals surface area (Å²) in [6.45, 7) is 4.56. The molecule has 0 radical (unpaired) electrons. The summed E-state index contributed by atoms with van der Waals surface area (Å²) < 4.78 is 12.9. The number of aliphatic hydroxyl groups is 1. The topological polar surface area (TPSA) is 49.3 Å². The summed E-state index contributed by atoms with van der Waals surface area (Å²) in [4.78, 5) is 11.7. The van der Waals surface area contributed by atoms with Crippen LogP contribution < -0.4 is 5.32 Å². The molecule has 0 atom stereocenters. The molecule has 2 N–H and O–H groups in total. The summed E-state index contributed by atoms with van der Waals surface area (Å²) in [7, 11) is 0. The summed E-state index contributed by atoms with van der Waals surface area (Å²) in [5.74, 6) is -0.465. The molecule has 0 saturated carbocycles. The standard InChI is InChI=1S/C14H20FNO2/c1-14(2,6-7-17)10-16-13(18)9-11-4-3-5-12(15)8-11/h3-5,8,17H,6-7,9-10H2,1-2H3,(H,16,18). The van der Waals surface area contributed by atoms with Gasteiger partial charge in [-0.15, -0.1) is 0 Å². The van der Waals surface area contributed by atoms with E-state index in [1.54, 1.807) is 12.1 Å². The molecule has 0 fully saturated rings. The molecule has 1 rings (SSSR count). The van der Waals surface area contributed by atoms with Gasteiger partial charge in [-0.25, -0.2) is 4.39 Å². The zero-order valence-corrected chi connectivity index (χ0v) is 10.9. The molecule has 0 aliphatic rings. The summed E-state index contributed by atoms with van der Waals surface area (Å²) in [5, 5.41) is 11.7. The van der Waals surface area contributed by atoms with Gasteiger partial charge in [-0.2, -0.15) is 0 Å². The minimum Gasteiger partial charge on any atom is -0.396 e. The van der Waals surface area contributed by atoms with E-state index in [0.29, 0.717) is 18.5 Å². The highest BCUT2D eigenvalue weighted by Crippen LogP contribution is 2.17. The highest BCUT2D eigenvalue weighted by atomic mass is 19.1. The lowest BCUT2D eigenvalue weighted by Crippen LogP contribution is -2.35. The van der Waals surface area contributed by atoms with E-state index in [-0.39, 0.29) is 30.2 Å². The number of hydrogen-bond acceptors (Lipinski definition) is 2. The first-order valence-corrected chi connectivity index (χ1v) is 6.05. The van der Waals surface area contributed by atoms with Gasteiger partial charge in [0.2, 0.25) is 5.91 Å². The van der Waals surface area contributed by atoms with E-state index in [1.807, 2.05) is 13.8 Å². The number of hydrogen-bond donors (Lipinski definition) is 2. The fraction of sp³-hybridized carbons (Fsp3) is 0.500. The molecule has 0 bridgehead atoms. The van der Waals surface area contributed by atoms with Crippen molar-refractivity contribution in [1.29, 1.82) is 0 Å². The Morgan fingerprint density at radius 2 is 2.17 bits per heavy atom. The highest BCUT2D eigenvalue weighted by molar-refractivity contribution is 5.78. The molecular formula is C14H20FNO2. The Hall–Kier alpha value is -1.42. The van der Waals surface area contributed by atoms with E-state index >= 15 is 0 Å². The molecule has 0 aliphatic carbocycles. The van der Waals surface area contributed by atoms with Crippen molar-refractivity contribution in [3.05, 3.63) is 35.6 Å². The molecule has 1 amide bonds. The SMILES string of the molecule is CC(C)(CCO)CNC(=O)Cc1cccc(F)c1. The fourth-order valence-electron chi connectivity index (χ4n) is 1.62. The Morgan fingerprint density at radius 3 is 2.78 bits per heavy atom. The molecule has 100 valence electrons. The van der Waals surface area contributed by atoms with Crippen LogP contribution in [0.15, 0.2) is 24.3 Å². The van der Waals surface area contributed by atoms with Crippen LogP contribution in [0.25, 0.3) is 0 Å². The average molecular weight is 253 g/mol. The van der Waals surface area contributed by atoms with Gasteiger partial charge in [0.05, 0.1) is 6.42 Å². The highest BCUT2D eigenvalue weighted by Gasteiger charge is 2.18. The number of rotatable bonds is 6. The number of carbonyl (C=O) groups is 1. The van der Waals surface area contributed by atoms with Gasteiger partial charge in [-0.05, 0) is 29.5 Å². The molecular weight excluding hydrogens is 233 g/mol. The number of benzene rings is 1. The minimum atomic E-state index is -0.332. The van der Waals surface area contributed by atoms with E-state index < -0.39 is 0 Å². The predicted octanol–water partition coefficient (Wildman–Crippen LogP) is 1.89. The maximum Gasteiger partial charge on any atom is 0.224 e. The van der Waals surface area contributed by atoms with Crippen molar-refractivity contribution in [2.24, 2.45) is 5.41 Å². The van der Waals surface area contributed by atoms with Crippen molar-refractivity contribution >= 4 is 5.91 Å². The molecule has 0 aromatic heterocycles. The van der Waals surface area contributed by atoms with E-state index in [0.717, 1.165) is 0 Å². The van der Waals surface area contributed by atoms with Crippen LogP contribution in [-0.2, 0) is 11.2 Å². The zero-order valence-electron chi connectivity index (χ0n) is 10.9. The smallest absolute Gasteiger partial charge is 0.224 e. The second-order valence-electron chi connectivity index (χ2n) is 5.22. The minimum absolute atomic E-state index is 0.104. The first-order valence-electron chi connectivity index (χ1n) is 6.05. The molecule has 18 heavy (non-hydrogen) atoms. The average Bonchev–Trinajstić information content (AvgIpc) is 2.26. The maximum atomic E-state index is 12.9. The first-order chi connectivity index (χ1) is 8.43. The maximum absolute atomic E-state index is 12.9. The Morgan fingerprint density at radius 1 is 1.44 bits per heavy atom. The molecule has 0 spiro atoms. The van der Waals surface area contributed by atoms with Crippen LogP contribution in [-0.4, -0.2) is 24.2 Å². The summed E-state index contributed by atoms with van der Waals surface area (Å²) in [6.07, 6.45) is 0.806. The zero-order chi connectivity index (χ0) is 13.6. The van der Waals surface area contributed by atoms with E-state index in [9.17, 15) is 9.18 Å². The molecule has 1 aromatic rings. The molecule has 3 nitrogen and oxygen atoms in total. The van der Waals surface area contributed by atoms with E-state index in [1.165, 1.54) is 12.1 Å². The van der Waals surface area contributed by atoms with Crippen LogP contribution in [0.1, 0.15) is 25.8 Å². The molecule has 1 aromatic carbocycles. The number of amides is 1. The van der Waals surface area contributed by atoms with Gasteiger partial charge < -0.3 is 10.4 Å². The third-order valence-electron chi connectivity index (χ3n) is 2.81. The Kier molecular flexibility index (Phi) is 5.28. The lowest BCUT2D eigenvalue weighted by Gasteiger charge is -2.23. The summed E-state index contributed by atoms with van der Waals surface area (Å²) >= 11 is 0. The van der Waals surface area contributed by atoms with Crippen molar-refractivity contribution in [3.63, 3.8) is 0 Å². The third-order valence-corrected chi connectivity index (χ3v) is 2.81. The number of carbonyl (C=O) groups excluding carboxylic acids is 1. The molecule has 0 aliphatic heterocycles. The lowest BCUT2D eigenvalue weighted by molar-refractivity contribution is -0.120. The van der Waals surface area contributed by atoms with E-state index in [4.69, 9.17) is 5.11 Å². The second kappa shape index (κ2) is 6.50. The van der Waals surface area contributed by atoms with Crippen LogP contribution in [0.4, 0.5) is 4.39 Å². The Labute approximate surface area is 107 Å². The molecule has 4 heteroatoms. The summed E-state index contributed by atoms with van der Waals surface area (Å²) in [6, 6.07) is 6.03. The van der Waals surface area contributed by atoms with E-state index in [2.05, 4.69) is 5.32 Å². The monoisotopic (exact) mass is 253 g/mol. The van der Waals surface area contributed by atoms with Crippen molar-refractivity contribution < 1.29 is 14.3 Å². The van der Waals surface area contributed by atoms with Crippen molar-refractivity contribution in [2.75, 3.05) is 13.2 Å². The Balaban J connectivity index is 2.43. The third kappa shape index (κ3) is 5.27.